The van der Waals surface area contributed by atoms with Gasteiger partial charge in [0, 0.05) is 76.2 Å². The van der Waals surface area contributed by atoms with Crippen molar-refractivity contribution < 1.29 is 17.8 Å². The molecular formula is C30H32F2N6O2S. The van der Waals surface area contributed by atoms with Crippen LogP contribution in [0, 0.1) is 33.3 Å². The molecule has 0 spiro atoms. The van der Waals surface area contributed by atoms with E-state index in [2.05, 4.69) is 16.0 Å². The second-order valence-corrected chi connectivity index (χ2v) is 14.0. The van der Waals surface area contributed by atoms with Crippen molar-refractivity contribution in [2.45, 2.75) is 50.6 Å². The van der Waals surface area contributed by atoms with Crippen molar-refractivity contribution >= 4 is 21.2 Å². The lowest BCUT2D eigenvalue weighted by Crippen LogP contribution is -2.39. The van der Waals surface area contributed by atoms with E-state index >= 15 is 0 Å². The Morgan fingerprint density at radius 1 is 1.17 bits per heavy atom. The van der Waals surface area contributed by atoms with Gasteiger partial charge in [-0.25, -0.2) is 22.7 Å². The summed E-state index contributed by atoms with van der Waals surface area (Å²) in [5, 5.41) is 14.3. The summed E-state index contributed by atoms with van der Waals surface area (Å²) in [5.74, 6) is -0.932. The number of carbonyl (C=O) groups is 1. The van der Waals surface area contributed by atoms with Crippen molar-refractivity contribution in [1.82, 2.24) is 14.8 Å². The highest BCUT2D eigenvalue weighted by atomic mass is 32.2. The molecule has 1 N–H and O–H groups in total. The van der Waals surface area contributed by atoms with Crippen molar-refractivity contribution in [2.75, 3.05) is 29.5 Å². The van der Waals surface area contributed by atoms with Gasteiger partial charge in [-0.05, 0) is 61.9 Å². The van der Waals surface area contributed by atoms with Crippen molar-refractivity contribution in [2.24, 2.45) is 11.3 Å². The second-order valence-electron chi connectivity index (χ2n) is 11.6. The number of nitrogens with zero attached hydrogens (tertiary/aromatic N) is 5. The highest BCUT2D eigenvalue weighted by molar-refractivity contribution is 7.92. The van der Waals surface area contributed by atoms with E-state index < -0.39 is 33.1 Å². The Balaban J connectivity index is 1.37. The molecule has 3 heterocycles. The fourth-order valence-electron chi connectivity index (χ4n) is 6.12. The number of ketones is 1. The maximum absolute atomic E-state index is 14.8. The molecule has 2 aliphatic carbocycles. The molecule has 3 fully saturated rings. The van der Waals surface area contributed by atoms with E-state index in [1.807, 2.05) is 24.3 Å². The Kier molecular flexibility index (Phi) is 7.14. The summed E-state index contributed by atoms with van der Waals surface area (Å²) in [6.07, 6.45) is 4.41. The van der Waals surface area contributed by atoms with E-state index in [1.54, 1.807) is 6.20 Å². The molecule has 8 nitrogen and oxygen atoms in total. The topological polar surface area (TPSA) is 116 Å². The van der Waals surface area contributed by atoms with E-state index in [-0.39, 0.29) is 30.4 Å². The molecule has 0 unspecified atom stereocenters. The van der Waals surface area contributed by atoms with Crippen LogP contribution in [0.4, 0.5) is 14.5 Å². The van der Waals surface area contributed by atoms with Gasteiger partial charge in [0.2, 0.25) is 0 Å². The summed E-state index contributed by atoms with van der Waals surface area (Å²) in [5.41, 5.74) is 2.46. The van der Waals surface area contributed by atoms with E-state index in [0.717, 1.165) is 16.8 Å². The van der Waals surface area contributed by atoms with Gasteiger partial charge in [0.15, 0.2) is 11.6 Å². The molecule has 2 saturated carbocycles. The number of halogens is 2. The van der Waals surface area contributed by atoms with Crippen molar-refractivity contribution in [3.05, 3.63) is 60.3 Å². The van der Waals surface area contributed by atoms with E-state index in [1.165, 1.54) is 23.0 Å². The van der Waals surface area contributed by atoms with Crippen molar-refractivity contribution in [1.29, 1.82) is 10.0 Å². The Hall–Kier alpha value is -3.65. The van der Waals surface area contributed by atoms with Crippen LogP contribution in [-0.2, 0) is 14.5 Å². The minimum Gasteiger partial charge on any atom is -0.370 e. The van der Waals surface area contributed by atoms with Gasteiger partial charge in [-0.1, -0.05) is 12.1 Å². The van der Waals surface area contributed by atoms with Gasteiger partial charge in [-0.15, -0.1) is 0 Å². The lowest BCUT2D eigenvalue weighted by Gasteiger charge is -2.32. The summed E-state index contributed by atoms with van der Waals surface area (Å²) in [4.78, 5) is 19.8. The highest BCUT2D eigenvalue weighted by Crippen LogP contribution is 2.51. The van der Waals surface area contributed by atoms with Gasteiger partial charge in [-0.2, -0.15) is 10.4 Å². The number of nitriles is 1. The van der Waals surface area contributed by atoms with Crippen molar-refractivity contribution in [3.8, 4) is 23.0 Å². The summed E-state index contributed by atoms with van der Waals surface area (Å²) < 4.78 is 50.8. The number of anilines is 1. The number of Topliss-reactive ketones (excluding diaryl/α,β-unsaturated/α-hetero) is 1. The number of aromatic nitrogens is 3. The molecule has 0 radical (unpaired) electrons. The molecule has 2 aromatic heterocycles. The minimum atomic E-state index is -2.51. The molecule has 41 heavy (non-hydrogen) atoms. The fourth-order valence-corrected chi connectivity index (χ4v) is 7.36. The lowest BCUT2D eigenvalue weighted by molar-refractivity contribution is -0.126. The molecule has 1 aromatic carbocycles. The molecule has 1 saturated heterocycles. The predicted molar refractivity (Wildman–Crippen MR) is 151 cm³/mol. The molecule has 3 atom stereocenters. The molecule has 214 valence electrons. The Morgan fingerprint density at radius 2 is 1.90 bits per heavy atom. The van der Waals surface area contributed by atoms with E-state index in [0.29, 0.717) is 56.0 Å². The highest BCUT2D eigenvalue weighted by Gasteiger charge is 2.48. The van der Waals surface area contributed by atoms with E-state index in [9.17, 15) is 23.0 Å². The maximum Gasteiger partial charge on any atom is 0.189 e. The number of nitrogens with one attached hydrogen (secondary N) is 1. The number of hydrogen-bond acceptors (Lipinski definition) is 7. The number of benzene rings is 1. The third-order valence-electron chi connectivity index (χ3n) is 8.78. The first-order valence-corrected chi connectivity index (χ1v) is 15.9. The molecule has 3 aromatic rings. The molecular weight excluding hydrogens is 546 g/mol. The number of pyridine rings is 1. The molecule has 0 bridgehead atoms. The predicted octanol–water partition coefficient (Wildman–Crippen LogP) is 5.42. The maximum atomic E-state index is 14.8. The van der Waals surface area contributed by atoms with Crippen LogP contribution in [0.15, 0.2) is 48.8 Å². The monoisotopic (exact) mass is 578 g/mol. The molecule has 1 aliphatic heterocycles. The quantitative estimate of drug-likeness (QED) is 0.400. The normalized spacial score (nSPS) is 24.9. The Morgan fingerprint density at radius 3 is 2.56 bits per heavy atom. The lowest BCUT2D eigenvalue weighted by atomic mass is 9.72. The van der Waals surface area contributed by atoms with Crippen LogP contribution < -0.4 is 4.90 Å². The summed E-state index contributed by atoms with van der Waals surface area (Å²) in [6.45, 7) is 1.09. The van der Waals surface area contributed by atoms with Gasteiger partial charge < -0.3 is 4.90 Å². The zero-order valence-electron chi connectivity index (χ0n) is 22.6. The summed E-state index contributed by atoms with van der Waals surface area (Å²) in [6, 6.07) is 12.9. The number of rotatable bonds is 7. The van der Waals surface area contributed by atoms with Gasteiger partial charge in [-0.3, -0.25) is 9.57 Å². The summed E-state index contributed by atoms with van der Waals surface area (Å²) in [7, 11) is -2.51. The first-order chi connectivity index (χ1) is 19.7. The van der Waals surface area contributed by atoms with Crippen LogP contribution in [0.2, 0.25) is 0 Å². The van der Waals surface area contributed by atoms with Crippen LogP contribution in [0.25, 0.3) is 16.9 Å². The van der Waals surface area contributed by atoms with Crippen molar-refractivity contribution in [3.63, 3.8) is 0 Å². The SMILES string of the molecule is N#CC1(CC(=O)[C@@H]2C[C@@H](F)CC[C@H]2c2nn(-c3ncccc3F)cc2-c2ccc(N3CCS(=N)(=O)CC3)cc2)CC1. The first kappa shape index (κ1) is 27.5. The number of alkyl halides is 1. The minimum absolute atomic E-state index is 0.0346. The van der Waals surface area contributed by atoms with Crippen LogP contribution in [-0.4, -0.2) is 55.5 Å². The molecule has 11 heteroatoms. The van der Waals surface area contributed by atoms with Crippen LogP contribution >= 0.6 is 0 Å². The average Bonchev–Trinajstić information content (AvgIpc) is 3.60. The first-order valence-electron chi connectivity index (χ1n) is 14.0. The Bertz CT molecular complexity index is 1600. The van der Waals surface area contributed by atoms with Crippen LogP contribution in [0.3, 0.4) is 0 Å². The Labute approximate surface area is 238 Å². The fraction of sp³-hybridized carbons (Fsp3) is 0.467. The van der Waals surface area contributed by atoms with Crippen LogP contribution in [0.1, 0.15) is 50.1 Å². The smallest absolute Gasteiger partial charge is 0.189 e. The number of hydrogen-bond donors (Lipinski definition) is 1. The zero-order chi connectivity index (χ0) is 28.8. The molecule has 3 aliphatic rings. The average molecular weight is 579 g/mol. The van der Waals surface area contributed by atoms with E-state index in [4.69, 9.17) is 9.88 Å². The summed E-state index contributed by atoms with van der Waals surface area (Å²) >= 11 is 0. The zero-order valence-corrected chi connectivity index (χ0v) is 23.5. The van der Waals surface area contributed by atoms with Crippen LogP contribution in [0.5, 0.6) is 0 Å². The van der Waals surface area contributed by atoms with Gasteiger partial charge in [0.05, 0.1) is 17.2 Å². The molecule has 0 amide bonds. The third kappa shape index (κ3) is 5.62. The van der Waals surface area contributed by atoms with Gasteiger partial charge >= 0.3 is 0 Å². The third-order valence-corrected chi connectivity index (χ3v) is 10.5. The second kappa shape index (κ2) is 10.6. The molecule has 6 rings (SSSR count). The number of carbonyl (C=O) groups excluding carboxylic acids is 1. The largest absolute Gasteiger partial charge is 0.370 e. The standard InChI is InChI=1S/C30H32F2N6O2S/c31-21-5-8-23(24(16-21)27(39)17-30(19-33)9-10-30)28-25(18-38(36-28)29-26(32)2-1-11-35-29)20-3-6-22(7-4-20)37-12-14-41(34,40)15-13-37/h1-4,6-7,11,18,21,23-24,34H,5,8-10,12-17H2/t21-,23+,24+/m0/s1. The van der Waals surface area contributed by atoms with Gasteiger partial charge in [0.1, 0.15) is 12.0 Å². The van der Waals surface area contributed by atoms with Gasteiger partial charge in [0.25, 0.3) is 0 Å².